The van der Waals surface area contributed by atoms with Crippen molar-refractivity contribution in [2.75, 3.05) is 6.54 Å². The van der Waals surface area contributed by atoms with Gasteiger partial charge in [0.2, 0.25) is 5.91 Å². The van der Waals surface area contributed by atoms with Crippen LogP contribution in [0.25, 0.3) is 0 Å². The van der Waals surface area contributed by atoms with Crippen molar-refractivity contribution in [1.82, 2.24) is 24.6 Å². The fourth-order valence-corrected chi connectivity index (χ4v) is 3.83. The number of amides is 1. The molecule has 144 valence electrons. The van der Waals surface area contributed by atoms with Crippen molar-refractivity contribution in [3.8, 4) is 0 Å². The van der Waals surface area contributed by atoms with Gasteiger partial charge in [-0.1, -0.05) is 36.4 Å². The molecule has 0 N–H and O–H groups in total. The SMILES string of the molecule is C[C@H]1CN(C(=O)CCc2cccnc2)Cc2nnc(CCc3ccccc3)n21. The Hall–Kier alpha value is -3.02. The van der Waals surface area contributed by atoms with Crippen LogP contribution in [0.3, 0.4) is 0 Å². The van der Waals surface area contributed by atoms with Gasteiger partial charge >= 0.3 is 0 Å². The van der Waals surface area contributed by atoms with E-state index in [-0.39, 0.29) is 11.9 Å². The van der Waals surface area contributed by atoms with E-state index in [0.717, 1.165) is 30.1 Å². The number of aryl methyl sites for hydroxylation is 3. The molecular formula is C22H25N5O. The minimum atomic E-state index is 0.163. The van der Waals surface area contributed by atoms with E-state index in [1.807, 2.05) is 29.3 Å². The number of pyridine rings is 1. The van der Waals surface area contributed by atoms with E-state index in [2.05, 4.69) is 50.9 Å². The van der Waals surface area contributed by atoms with Gasteiger partial charge in [-0.2, -0.15) is 0 Å². The Bertz CT molecular complexity index is 923. The van der Waals surface area contributed by atoms with Gasteiger partial charge in [0, 0.05) is 31.8 Å². The van der Waals surface area contributed by atoms with Crippen LogP contribution in [0, 0.1) is 0 Å². The highest BCUT2D eigenvalue weighted by Gasteiger charge is 2.28. The lowest BCUT2D eigenvalue weighted by Crippen LogP contribution is -2.40. The summed E-state index contributed by atoms with van der Waals surface area (Å²) in [6, 6.07) is 14.5. The summed E-state index contributed by atoms with van der Waals surface area (Å²) in [5.74, 6) is 2.06. The van der Waals surface area contributed by atoms with Crippen molar-refractivity contribution >= 4 is 5.91 Å². The second kappa shape index (κ2) is 8.33. The van der Waals surface area contributed by atoms with Gasteiger partial charge in [0.05, 0.1) is 12.6 Å². The molecule has 0 bridgehead atoms. The number of aromatic nitrogens is 4. The first kappa shape index (κ1) is 18.3. The second-order valence-corrected chi connectivity index (χ2v) is 7.37. The normalized spacial score (nSPS) is 16.0. The maximum absolute atomic E-state index is 12.7. The van der Waals surface area contributed by atoms with E-state index in [1.54, 1.807) is 6.20 Å². The molecule has 2 aromatic heterocycles. The maximum atomic E-state index is 12.7. The Kier molecular flexibility index (Phi) is 5.46. The highest BCUT2D eigenvalue weighted by atomic mass is 16.2. The highest BCUT2D eigenvalue weighted by molar-refractivity contribution is 5.76. The number of carbonyl (C=O) groups excluding carboxylic acids is 1. The molecule has 4 rings (SSSR count). The first-order chi connectivity index (χ1) is 13.7. The van der Waals surface area contributed by atoms with Crippen LogP contribution in [0.5, 0.6) is 0 Å². The van der Waals surface area contributed by atoms with Gasteiger partial charge in [-0.25, -0.2) is 0 Å². The van der Waals surface area contributed by atoms with Gasteiger partial charge in [-0.15, -0.1) is 10.2 Å². The maximum Gasteiger partial charge on any atom is 0.223 e. The predicted octanol–water partition coefficient (Wildman–Crippen LogP) is 2.99. The smallest absolute Gasteiger partial charge is 0.223 e. The van der Waals surface area contributed by atoms with E-state index < -0.39 is 0 Å². The van der Waals surface area contributed by atoms with Crippen LogP contribution in [0.4, 0.5) is 0 Å². The van der Waals surface area contributed by atoms with Crippen LogP contribution in [0.1, 0.15) is 42.2 Å². The zero-order valence-corrected chi connectivity index (χ0v) is 16.2. The van der Waals surface area contributed by atoms with Crippen LogP contribution in [-0.2, 0) is 30.6 Å². The lowest BCUT2D eigenvalue weighted by molar-refractivity contribution is -0.133. The summed E-state index contributed by atoms with van der Waals surface area (Å²) < 4.78 is 2.22. The molecule has 6 heteroatoms. The molecule has 1 aliphatic rings. The molecule has 0 fully saturated rings. The van der Waals surface area contributed by atoms with Gasteiger partial charge in [0.25, 0.3) is 0 Å². The molecule has 3 aromatic rings. The Morgan fingerprint density at radius 2 is 1.86 bits per heavy atom. The summed E-state index contributed by atoms with van der Waals surface area (Å²) in [6.45, 7) is 3.38. The van der Waals surface area contributed by atoms with Crippen molar-refractivity contribution in [2.45, 2.75) is 45.2 Å². The van der Waals surface area contributed by atoms with E-state index >= 15 is 0 Å². The van der Waals surface area contributed by atoms with Crippen molar-refractivity contribution < 1.29 is 4.79 Å². The number of hydrogen-bond acceptors (Lipinski definition) is 4. The van der Waals surface area contributed by atoms with E-state index in [0.29, 0.717) is 25.9 Å². The lowest BCUT2D eigenvalue weighted by atomic mass is 10.1. The number of nitrogens with zero attached hydrogens (tertiary/aromatic N) is 5. The minimum Gasteiger partial charge on any atom is -0.333 e. The van der Waals surface area contributed by atoms with Crippen molar-refractivity contribution in [2.24, 2.45) is 0 Å². The second-order valence-electron chi connectivity index (χ2n) is 7.37. The van der Waals surface area contributed by atoms with Gasteiger partial charge in [0.15, 0.2) is 5.82 Å². The number of rotatable bonds is 6. The van der Waals surface area contributed by atoms with Crippen LogP contribution >= 0.6 is 0 Å². The average Bonchev–Trinajstić information content (AvgIpc) is 3.15. The van der Waals surface area contributed by atoms with Crippen LogP contribution in [0.2, 0.25) is 0 Å². The standard InChI is InChI=1S/C22H25N5O/c1-17-15-26(22(28)12-10-19-8-5-13-23-14-19)16-21-25-24-20(27(17)21)11-9-18-6-3-2-4-7-18/h2-8,13-14,17H,9-12,15-16H2,1H3/t17-/m0/s1. The number of fused-ring (bicyclic) bond motifs is 1. The first-order valence-electron chi connectivity index (χ1n) is 9.84. The molecule has 0 aliphatic carbocycles. The van der Waals surface area contributed by atoms with Gasteiger partial charge in [-0.05, 0) is 37.0 Å². The van der Waals surface area contributed by atoms with Crippen LogP contribution in [0.15, 0.2) is 54.9 Å². The lowest BCUT2D eigenvalue weighted by Gasteiger charge is -2.32. The third-order valence-corrected chi connectivity index (χ3v) is 5.28. The monoisotopic (exact) mass is 375 g/mol. The molecule has 0 saturated carbocycles. The summed E-state index contributed by atoms with van der Waals surface area (Å²) in [5, 5.41) is 8.80. The molecule has 1 aromatic carbocycles. The largest absolute Gasteiger partial charge is 0.333 e. The summed E-state index contributed by atoms with van der Waals surface area (Å²) in [5.41, 5.74) is 2.39. The van der Waals surface area contributed by atoms with E-state index in [4.69, 9.17) is 0 Å². The third-order valence-electron chi connectivity index (χ3n) is 5.28. The van der Waals surface area contributed by atoms with E-state index in [9.17, 15) is 4.79 Å². The van der Waals surface area contributed by atoms with Gasteiger partial charge in [-0.3, -0.25) is 9.78 Å². The third kappa shape index (κ3) is 4.11. The first-order valence-corrected chi connectivity index (χ1v) is 9.84. The summed E-state index contributed by atoms with van der Waals surface area (Å²) in [4.78, 5) is 18.7. The zero-order chi connectivity index (χ0) is 19.3. The summed E-state index contributed by atoms with van der Waals surface area (Å²) >= 11 is 0. The van der Waals surface area contributed by atoms with Crippen LogP contribution < -0.4 is 0 Å². The Morgan fingerprint density at radius 1 is 1.04 bits per heavy atom. The molecule has 6 nitrogen and oxygen atoms in total. The van der Waals surface area contributed by atoms with E-state index in [1.165, 1.54) is 5.56 Å². The molecular weight excluding hydrogens is 350 g/mol. The molecule has 28 heavy (non-hydrogen) atoms. The van der Waals surface area contributed by atoms with Gasteiger partial charge < -0.3 is 9.47 Å². The fourth-order valence-electron chi connectivity index (χ4n) is 3.83. The Labute approximate surface area is 165 Å². The topological polar surface area (TPSA) is 63.9 Å². The Balaban J connectivity index is 1.38. The Morgan fingerprint density at radius 3 is 2.64 bits per heavy atom. The van der Waals surface area contributed by atoms with Crippen molar-refractivity contribution in [1.29, 1.82) is 0 Å². The predicted molar refractivity (Wildman–Crippen MR) is 107 cm³/mol. The number of hydrogen-bond donors (Lipinski definition) is 0. The average molecular weight is 375 g/mol. The number of carbonyl (C=O) groups is 1. The van der Waals surface area contributed by atoms with Crippen LogP contribution in [-0.4, -0.2) is 37.1 Å². The van der Waals surface area contributed by atoms with Crippen molar-refractivity contribution in [3.05, 3.63) is 77.6 Å². The molecule has 1 atom stereocenters. The minimum absolute atomic E-state index is 0.163. The molecule has 0 spiro atoms. The highest BCUT2D eigenvalue weighted by Crippen LogP contribution is 2.23. The molecule has 0 unspecified atom stereocenters. The number of benzene rings is 1. The fraction of sp³-hybridized carbons (Fsp3) is 0.364. The molecule has 1 amide bonds. The summed E-state index contributed by atoms with van der Waals surface area (Å²) in [7, 11) is 0. The zero-order valence-electron chi connectivity index (χ0n) is 16.2. The molecule has 0 radical (unpaired) electrons. The quantitative estimate of drug-likeness (QED) is 0.664. The molecule has 0 saturated heterocycles. The summed E-state index contributed by atoms with van der Waals surface area (Å²) in [6.07, 6.45) is 6.58. The van der Waals surface area contributed by atoms with Crippen molar-refractivity contribution in [3.63, 3.8) is 0 Å². The molecule has 1 aliphatic heterocycles. The van der Waals surface area contributed by atoms with Gasteiger partial charge in [0.1, 0.15) is 5.82 Å². The molecule has 3 heterocycles.